The number of imidazole rings is 1. The Bertz CT molecular complexity index is 1080. The zero-order valence-electron chi connectivity index (χ0n) is 15.5. The normalized spacial score (nSPS) is 11.6. The van der Waals surface area contributed by atoms with E-state index in [1.165, 1.54) is 12.1 Å². The van der Waals surface area contributed by atoms with Crippen molar-refractivity contribution in [2.45, 2.75) is 26.2 Å². The molecule has 28 heavy (non-hydrogen) atoms. The molecule has 1 aromatic heterocycles. The highest BCUT2D eigenvalue weighted by molar-refractivity contribution is 7.92. The van der Waals surface area contributed by atoms with Crippen molar-refractivity contribution in [3.63, 3.8) is 0 Å². The van der Waals surface area contributed by atoms with E-state index in [2.05, 4.69) is 15.3 Å². The number of carbonyl (C=O) groups is 1. The molecular weight excluding hydrogens is 381 g/mol. The third-order valence-corrected chi connectivity index (χ3v) is 5.91. The van der Waals surface area contributed by atoms with Crippen LogP contribution in [0.4, 0.5) is 10.1 Å². The number of halogens is 1. The van der Waals surface area contributed by atoms with E-state index in [1.807, 2.05) is 6.92 Å². The number of unbranched alkanes of at least 4 members (excludes halogenated alkanes) is 2. The first-order valence-electron chi connectivity index (χ1n) is 9.12. The highest BCUT2D eigenvalue weighted by Crippen LogP contribution is 2.23. The van der Waals surface area contributed by atoms with Crippen LogP contribution in [0, 0.1) is 5.82 Å². The van der Waals surface area contributed by atoms with Gasteiger partial charge in [0.25, 0.3) is 0 Å². The molecule has 2 aromatic carbocycles. The van der Waals surface area contributed by atoms with E-state index in [1.54, 1.807) is 30.3 Å². The number of amides is 1. The molecule has 0 spiro atoms. The van der Waals surface area contributed by atoms with Crippen molar-refractivity contribution in [1.29, 1.82) is 0 Å². The standard InChI is InChI=1S/C20H22FN3O3S/c1-2-3-4-11-28(26,27)13-19(25)22-16-9-10-17-18(12-16)24-20(23-17)14-5-7-15(21)8-6-14/h5-10,12H,2-4,11,13H2,1H3,(H,22,25)(H,23,24). The Morgan fingerprint density at radius 1 is 1.14 bits per heavy atom. The van der Waals surface area contributed by atoms with E-state index in [4.69, 9.17) is 0 Å². The van der Waals surface area contributed by atoms with E-state index < -0.39 is 21.5 Å². The van der Waals surface area contributed by atoms with Gasteiger partial charge in [-0.15, -0.1) is 0 Å². The van der Waals surface area contributed by atoms with Gasteiger partial charge in [0.15, 0.2) is 9.84 Å². The van der Waals surface area contributed by atoms with Gasteiger partial charge >= 0.3 is 0 Å². The van der Waals surface area contributed by atoms with E-state index in [0.29, 0.717) is 29.0 Å². The quantitative estimate of drug-likeness (QED) is 0.558. The number of sulfone groups is 1. The molecule has 2 N–H and O–H groups in total. The number of anilines is 1. The fourth-order valence-electron chi connectivity index (χ4n) is 2.87. The number of benzene rings is 2. The summed E-state index contributed by atoms with van der Waals surface area (Å²) in [5.41, 5.74) is 2.59. The maximum absolute atomic E-state index is 13.1. The lowest BCUT2D eigenvalue weighted by Gasteiger charge is -2.06. The molecule has 1 heterocycles. The molecule has 6 nitrogen and oxygen atoms in total. The van der Waals surface area contributed by atoms with Crippen LogP contribution >= 0.6 is 0 Å². The minimum absolute atomic E-state index is 0.0227. The first-order chi connectivity index (χ1) is 13.4. The van der Waals surface area contributed by atoms with Gasteiger partial charge in [0, 0.05) is 11.3 Å². The third-order valence-electron chi connectivity index (χ3n) is 4.29. The molecule has 0 fully saturated rings. The third kappa shape index (κ3) is 5.16. The molecule has 0 saturated carbocycles. The van der Waals surface area contributed by atoms with Crippen LogP contribution in [-0.4, -0.2) is 35.8 Å². The number of carbonyl (C=O) groups excluding carboxylic acids is 1. The largest absolute Gasteiger partial charge is 0.338 e. The van der Waals surface area contributed by atoms with Gasteiger partial charge in [0.2, 0.25) is 5.91 Å². The van der Waals surface area contributed by atoms with Gasteiger partial charge in [-0.3, -0.25) is 4.79 Å². The number of nitrogens with one attached hydrogen (secondary N) is 2. The van der Waals surface area contributed by atoms with Crippen LogP contribution in [0.2, 0.25) is 0 Å². The molecule has 0 saturated heterocycles. The van der Waals surface area contributed by atoms with Gasteiger partial charge in [-0.1, -0.05) is 19.8 Å². The molecule has 1 amide bonds. The number of nitrogens with zero attached hydrogens (tertiary/aromatic N) is 1. The summed E-state index contributed by atoms with van der Waals surface area (Å²) in [6, 6.07) is 11.0. The molecule has 0 radical (unpaired) electrons. The van der Waals surface area contributed by atoms with Crippen LogP contribution in [0.15, 0.2) is 42.5 Å². The summed E-state index contributed by atoms with van der Waals surface area (Å²) in [6.45, 7) is 1.99. The SMILES string of the molecule is CCCCCS(=O)(=O)CC(=O)Nc1ccc2nc(-c3ccc(F)cc3)[nH]c2c1. The Morgan fingerprint density at radius 2 is 1.89 bits per heavy atom. The van der Waals surface area contributed by atoms with E-state index in [9.17, 15) is 17.6 Å². The Hall–Kier alpha value is -2.74. The first kappa shape index (κ1) is 20.0. The van der Waals surface area contributed by atoms with Crippen LogP contribution in [-0.2, 0) is 14.6 Å². The average Bonchev–Trinajstić information content (AvgIpc) is 3.05. The topological polar surface area (TPSA) is 91.9 Å². The average molecular weight is 403 g/mol. The number of aromatic nitrogens is 2. The lowest BCUT2D eigenvalue weighted by atomic mass is 10.2. The summed E-state index contributed by atoms with van der Waals surface area (Å²) < 4.78 is 37.1. The van der Waals surface area contributed by atoms with Crippen LogP contribution in [0.3, 0.4) is 0 Å². The Balaban J connectivity index is 1.70. The number of aromatic amines is 1. The molecule has 0 aliphatic carbocycles. The summed E-state index contributed by atoms with van der Waals surface area (Å²) in [6.07, 6.45) is 2.32. The number of hydrogen-bond acceptors (Lipinski definition) is 4. The Morgan fingerprint density at radius 3 is 2.61 bits per heavy atom. The van der Waals surface area contributed by atoms with Gasteiger partial charge in [-0.25, -0.2) is 17.8 Å². The molecule has 8 heteroatoms. The summed E-state index contributed by atoms with van der Waals surface area (Å²) in [5, 5.41) is 2.62. The fraction of sp³-hybridized carbons (Fsp3) is 0.300. The first-order valence-corrected chi connectivity index (χ1v) is 10.9. The van der Waals surface area contributed by atoms with Crippen LogP contribution in [0.1, 0.15) is 26.2 Å². The second-order valence-corrected chi connectivity index (χ2v) is 8.86. The zero-order valence-corrected chi connectivity index (χ0v) is 16.4. The number of hydrogen-bond donors (Lipinski definition) is 2. The van der Waals surface area contributed by atoms with Gasteiger partial charge in [-0.05, 0) is 48.9 Å². The molecular formula is C20H22FN3O3S. The van der Waals surface area contributed by atoms with Crippen molar-refractivity contribution in [2.75, 3.05) is 16.8 Å². The maximum atomic E-state index is 13.1. The predicted molar refractivity (Wildman–Crippen MR) is 108 cm³/mol. The second-order valence-electron chi connectivity index (χ2n) is 6.67. The number of fused-ring (bicyclic) bond motifs is 1. The molecule has 0 atom stereocenters. The summed E-state index contributed by atoms with van der Waals surface area (Å²) in [7, 11) is -3.41. The van der Waals surface area contributed by atoms with Gasteiger partial charge in [0.05, 0.1) is 16.8 Å². The van der Waals surface area contributed by atoms with Crippen LogP contribution in [0.5, 0.6) is 0 Å². The van der Waals surface area contributed by atoms with Gasteiger partial charge < -0.3 is 10.3 Å². The Labute approximate surface area is 163 Å². The molecule has 3 aromatic rings. The van der Waals surface area contributed by atoms with Crippen LogP contribution < -0.4 is 5.32 Å². The molecule has 3 rings (SSSR count). The van der Waals surface area contributed by atoms with Crippen molar-refractivity contribution < 1.29 is 17.6 Å². The summed E-state index contributed by atoms with van der Waals surface area (Å²) in [4.78, 5) is 19.7. The molecule has 0 aliphatic heterocycles. The van der Waals surface area contributed by atoms with Gasteiger partial charge in [-0.2, -0.15) is 0 Å². The van der Waals surface area contributed by atoms with E-state index >= 15 is 0 Å². The Kier molecular flexibility index (Phi) is 6.08. The van der Waals surface area contributed by atoms with E-state index in [-0.39, 0.29) is 11.6 Å². The van der Waals surface area contributed by atoms with Crippen molar-refractivity contribution in [2.24, 2.45) is 0 Å². The van der Waals surface area contributed by atoms with Crippen molar-refractivity contribution >= 4 is 32.5 Å². The van der Waals surface area contributed by atoms with E-state index in [0.717, 1.165) is 18.4 Å². The highest BCUT2D eigenvalue weighted by Gasteiger charge is 2.16. The lowest BCUT2D eigenvalue weighted by Crippen LogP contribution is -2.24. The maximum Gasteiger partial charge on any atom is 0.239 e. The monoisotopic (exact) mass is 403 g/mol. The highest BCUT2D eigenvalue weighted by atomic mass is 32.2. The smallest absolute Gasteiger partial charge is 0.239 e. The minimum Gasteiger partial charge on any atom is -0.338 e. The van der Waals surface area contributed by atoms with Gasteiger partial charge in [0.1, 0.15) is 17.4 Å². The number of H-pyrrole nitrogens is 1. The lowest BCUT2D eigenvalue weighted by molar-refractivity contribution is -0.113. The summed E-state index contributed by atoms with van der Waals surface area (Å²) in [5.74, 6) is -0.812. The summed E-state index contributed by atoms with van der Waals surface area (Å²) >= 11 is 0. The molecule has 0 aliphatic rings. The molecule has 0 bridgehead atoms. The molecule has 0 unspecified atom stereocenters. The minimum atomic E-state index is -3.41. The second kappa shape index (κ2) is 8.52. The van der Waals surface area contributed by atoms with Crippen LogP contribution in [0.25, 0.3) is 22.4 Å². The molecule has 148 valence electrons. The predicted octanol–water partition coefficient (Wildman–Crippen LogP) is 3.91. The van der Waals surface area contributed by atoms with Crippen molar-refractivity contribution in [3.8, 4) is 11.4 Å². The zero-order chi connectivity index (χ0) is 20.1. The van der Waals surface area contributed by atoms with Crippen molar-refractivity contribution in [1.82, 2.24) is 9.97 Å². The number of rotatable bonds is 8. The van der Waals surface area contributed by atoms with Crippen molar-refractivity contribution in [3.05, 3.63) is 48.3 Å². The fourth-order valence-corrected chi connectivity index (χ4v) is 4.13.